The number of hydrogen-bond acceptors (Lipinski definition) is 6. The number of carbonyl (C=O) groups excluding carboxylic acids is 1. The van der Waals surface area contributed by atoms with Gasteiger partial charge in [-0.15, -0.1) is 11.3 Å². The van der Waals surface area contributed by atoms with E-state index in [-0.39, 0.29) is 6.61 Å². The molecule has 5 nitrogen and oxygen atoms in total. The minimum Gasteiger partial charge on any atom is -0.497 e. The Morgan fingerprint density at radius 1 is 1.24 bits per heavy atom. The van der Waals surface area contributed by atoms with Crippen molar-refractivity contribution in [2.24, 2.45) is 0 Å². The van der Waals surface area contributed by atoms with Crippen LogP contribution in [0, 0.1) is 0 Å². The average molecular weight is 307 g/mol. The maximum Gasteiger partial charge on any atom is 0.357 e. The topological polar surface area (TPSA) is 57.7 Å². The van der Waals surface area contributed by atoms with E-state index in [0.717, 1.165) is 16.3 Å². The molecule has 0 saturated heterocycles. The third-order valence-electron chi connectivity index (χ3n) is 2.72. The molecule has 0 radical (unpaired) electrons. The van der Waals surface area contributed by atoms with Gasteiger partial charge in [-0.25, -0.2) is 9.78 Å². The Bertz CT molecular complexity index is 580. The Morgan fingerprint density at radius 2 is 2.00 bits per heavy atom. The predicted molar refractivity (Wildman–Crippen MR) is 80.9 cm³/mol. The number of aromatic nitrogens is 1. The van der Waals surface area contributed by atoms with Gasteiger partial charge in [0.2, 0.25) is 0 Å². The highest BCUT2D eigenvalue weighted by atomic mass is 32.1. The van der Waals surface area contributed by atoms with E-state index in [1.807, 2.05) is 31.2 Å². The fourth-order valence-corrected chi connectivity index (χ4v) is 2.44. The molecule has 0 aliphatic carbocycles. The van der Waals surface area contributed by atoms with Crippen LogP contribution in [0.3, 0.4) is 0 Å². The van der Waals surface area contributed by atoms with Crippen molar-refractivity contribution in [1.29, 1.82) is 0 Å². The minimum absolute atomic E-state index is 0.238. The van der Waals surface area contributed by atoms with Crippen molar-refractivity contribution in [3.8, 4) is 16.3 Å². The van der Waals surface area contributed by atoms with E-state index in [1.54, 1.807) is 12.5 Å². The standard InChI is InChI=1S/C15H17NO4S/c1-3-19-8-9-20-15(17)13-10-21-14(16-13)11-4-6-12(18-2)7-5-11/h4-7,10H,3,8-9H2,1-2H3. The van der Waals surface area contributed by atoms with Crippen LogP contribution >= 0.6 is 11.3 Å². The van der Waals surface area contributed by atoms with E-state index in [0.29, 0.717) is 18.9 Å². The molecule has 1 aromatic carbocycles. The van der Waals surface area contributed by atoms with Crippen LogP contribution in [-0.4, -0.2) is 37.9 Å². The van der Waals surface area contributed by atoms with Gasteiger partial charge in [-0.05, 0) is 31.2 Å². The number of rotatable bonds is 7. The second kappa shape index (κ2) is 7.75. The van der Waals surface area contributed by atoms with E-state index in [9.17, 15) is 4.79 Å². The molecule has 2 rings (SSSR count). The molecule has 21 heavy (non-hydrogen) atoms. The van der Waals surface area contributed by atoms with Gasteiger partial charge in [0.15, 0.2) is 5.69 Å². The molecule has 0 aliphatic heterocycles. The van der Waals surface area contributed by atoms with Gasteiger partial charge in [-0.3, -0.25) is 0 Å². The van der Waals surface area contributed by atoms with E-state index >= 15 is 0 Å². The molecule has 0 amide bonds. The van der Waals surface area contributed by atoms with Crippen molar-refractivity contribution >= 4 is 17.3 Å². The summed E-state index contributed by atoms with van der Waals surface area (Å²) in [6, 6.07) is 7.53. The molecule has 0 unspecified atom stereocenters. The number of benzene rings is 1. The Kier molecular flexibility index (Phi) is 5.71. The SMILES string of the molecule is CCOCCOC(=O)c1csc(-c2ccc(OC)cc2)n1. The second-order valence-electron chi connectivity index (χ2n) is 4.10. The van der Waals surface area contributed by atoms with Crippen molar-refractivity contribution in [2.75, 3.05) is 26.9 Å². The summed E-state index contributed by atoms with van der Waals surface area (Å²) in [6.45, 7) is 3.14. The molecular weight excluding hydrogens is 290 g/mol. The predicted octanol–water partition coefficient (Wildman–Crippen LogP) is 3.01. The summed E-state index contributed by atoms with van der Waals surface area (Å²) in [5.41, 5.74) is 1.26. The molecular formula is C15H17NO4S. The van der Waals surface area contributed by atoms with E-state index in [1.165, 1.54) is 11.3 Å². The van der Waals surface area contributed by atoms with Crippen LogP contribution in [0.1, 0.15) is 17.4 Å². The summed E-state index contributed by atoms with van der Waals surface area (Å²) in [4.78, 5) is 16.1. The number of hydrogen-bond donors (Lipinski definition) is 0. The highest BCUT2D eigenvalue weighted by Gasteiger charge is 2.13. The van der Waals surface area contributed by atoms with Crippen LogP contribution in [0.5, 0.6) is 5.75 Å². The van der Waals surface area contributed by atoms with Crippen molar-refractivity contribution in [1.82, 2.24) is 4.98 Å². The first-order valence-electron chi connectivity index (χ1n) is 6.59. The first-order valence-corrected chi connectivity index (χ1v) is 7.47. The van der Waals surface area contributed by atoms with Gasteiger partial charge in [-0.2, -0.15) is 0 Å². The van der Waals surface area contributed by atoms with Crippen molar-refractivity contribution in [3.63, 3.8) is 0 Å². The molecule has 6 heteroatoms. The van der Waals surface area contributed by atoms with Crippen LogP contribution in [0.2, 0.25) is 0 Å². The zero-order chi connectivity index (χ0) is 15.1. The second-order valence-corrected chi connectivity index (χ2v) is 4.96. The molecule has 0 bridgehead atoms. The van der Waals surface area contributed by atoms with Crippen molar-refractivity contribution in [3.05, 3.63) is 35.3 Å². The number of esters is 1. The fourth-order valence-electron chi connectivity index (χ4n) is 1.65. The maximum atomic E-state index is 11.8. The smallest absolute Gasteiger partial charge is 0.357 e. The summed E-state index contributed by atoms with van der Waals surface area (Å²) in [5, 5.41) is 2.47. The van der Waals surface area contributed by atoms with Gasteiger partial charge in [0, 0.05) is 17.6 Å². The molecule has 0 aliphatic rings. The molecule has 1 aromatic heterocycles. The molecule has 0 saturated carbocycles. The lowest BCUT2D eigenvalue weighted by Crippen LogP contribution is -2.11. The lowest BCUT2D eigenvalue weighted by Gasteiger charge is -2.02. The molecule has 0 spiro atoms. The molecule has 112 valence electrons. The van der Waals surface area contributed by atoms with Crippen LogP contribution in [0.25, 0.3) is 10.6 Å². The Labute approximate surface area is 127 Å². The third-order valence-corrected chi connectivity index (χ3v) is 3.61. The Balaban J connectivity index is 1.98. The quantitative estimate of drug-likeness (QED) is 0.581. The number of methoxy groups -OCH3 is 1. The van der Waals surface area contributed by atoms with Crippen LogP contribution in [-0.2, 0) is 9.47 Å². The lowest BCUT2D eigenvalue weighted by atomic mass is 10.2. The molecule has 0 N–H and O–H groups in total. The molecule has 0 atom stereocenters. The van der Waals surface area contributed by atoms with Gasteiger partial charge in [0.25, 0.3) is 0 Å². The Hall–Kier alpha value is -1.92. The molecule has 1 heterocycles. The largest absolute Gasteiger partial charge is 0.497 e. The van der Waals surface area contributed by atoms with E-state index in [4.69, 9.17) is 14.2 Å². The van der Waals surface area contributed by atoms with Crippen LogP contribution in [0.4, 0.5) is 0 Å². The summed E-state index contributed by atoms with van der Waals surface area (Å²) >= 11 is 1.40. The van der Waals surface area contributed by atoms with E-state index in [2.05, 4.69) is 4.98 Å². The highest BCUT2D eigenvalue weighted by molar-refractivity contribution is 7.13. The van der Waals surface area contributed by atoms with Gasteiger partial charge in [-0.1, -0.05) is 0 Å². The van der Waals surface area contributed by atoms with Gasteiger partial charge in [0.05, 0.1) is 13.7 Å². The average Bonchev–Trinajstić information content (AvgIpc) is 3.01. The number of thiazole rings is 1. The fraction of sp³-hybridized carbons (Fsp3) is 0.333. The van der Waals surface area contributed by atoms with Gasteiger partial charge >= 0.3 is 5.97 Å². The maximum absolute atomic E-state index is 11.8. The van der Waals surface area contributed by atoms with E-state index < -0.39 is 5.97 Å². The highest BCUT2D eigenvalue weighted by Crippen LogP contribution is 2.25. The summed E-state index contributed by atoms with van der Waals surface area (Å²) in [6.07, 6.45) is 0. The van der Waals surface area contributed by atoms with Gasteiger partial charge < -0.3 is 14.2 Å². The van der Waals surface area contributed by atoms with Gasteiger partial charge in [0.1, 0.15) is 17.4 Å². The van der Waals surface area contributed by atoms with Crippen molar-refractivity contribution in [2.45, 2.75) is 6.92 Å². The zero-order valence-corrected chi connectivity index (χ0v) is 12.8. The first kappa shape index (κ1) is 15.5. The zero-order valence-electron chi connectivity index (χ0n) is 12.0. The summed E-state index contributed by atoms with van der Waals surface area (Å²) in [7, 11) is 1.62. The summed E-state index contributed by atoms with van der Waals surface area (Å²) in [5.74, 6) is 0.358. The lowest BCUT2D eigenvalue weighted by molar-refractivity contribution is 0.0330. The Morgan fingerprint density at radius 3 is 2.67 bits per heavy atom. The number of nitrogens with zero attached hydrogens (tertiary/aromatic N) is 1. The number of ether oxygens (including phenoxy) is 3. The number of carbonyl (C=O) groups is 1. The minimum atomic E-state index is -0.425. The van der Waals surface area contributed by atoms with Crippen LogP contribution in [0.15, 0.2) is 29.6 Å². The first-order chi connectivity index (χ1) is 10.2. The van der Waals surface area contributed by atoms with Crippen molar-refractivity contribution < 1.29 is 19.0 Å². The molecule has 0 fully saturated rings. The summed E-state index contributed by atoms with van der Waals surface area (Å²) < 4.78 is 15.3. The molecule has 2 aromatic rings. The third kappa shape index (κ3) is 4.27. The van der Waals surface area contributed by atoms with Crippen LogP contribution < -0.4 is 4.74 Å². The monoisotopic (exact) mass is 307 g/mol. The normalized spacial score (nSPS) is 10.4.